The van der Waals surface area contributed by atoms with Gasteiger partial charge in [-0.2, -0.15) is 0 Å². The third-order valence-electron chi connectivity index (χ3n) is 5.58. The summed E-state index contributed by atoms with van der Waals surface area (Å²) in [5.41, 5.74) is 1.34. The molecule has 1 N–H and O–H groups in total. The minimum atomic E-state index is 0.0688. The average molecular weight is 383 g/mol. The van der Waals surface area contributed by atoms with Crippen molar-refractivity contribution in [2.75, 3.05) is 13.1 Å². The van der Waals surface area contributed by atoms with Crippen molar-refractivity contribution in [3.05, 3.63) is 54.1 Å². The number of hydrogen-bond acceptors (Lipinski definition) is 3. The van der Waals surface area contributed by atoms with Crippen molar-refractivity contribution >= 4 is 5.91 Å². The van der Waals surface area contributed by atoms with Crippen LogP contribution >= 0.6 is 0 Å². The monoisotopic (exact) mass is 382 g/mol. The summed E-state index contributed by atoms with van der Waals surface area (Å²) in [6, 6.07) is 10.4. The molecule has 1 atom stereocenters. The van der Waals surface area contributed by atoms with Crippen LogP contribution in [0, 0.1) is 11.3 Å². The van der Waals surface area contributed by atoms with E-state index in [0.717, 1.165) is 44.7 Å². The molecular formula is C23H34N4O. The number of nitrogens with zero attached hydrogens (tertiary/aromatic N) is 3. The molecule has 1 aliphatic heterocycles. The Morgan fingerprint density at radius 3 is 2.46 bits per heavy atom. The first-order valence-electron chi connectivity index (χ1n) is 10.4. The normalized spacial score (nSPS) is 17.4. The molecule has 28 heavy (non-hydrogen) atoms. The molecular weight excluding hydrogens is 348 g/mol. The van der Waals surface area contributed by atoms with Crippen molar-refractivity contribution in [2.24, 2.45) is 18.4 Å². The smallest absolute Gasteiger partial charge is 0.223 e. The number of carbonyl (C=O) groups excluding carboxylic acids is 1. The van der Waals surface area contributed by atoms with Crippen molar-refractivity contribution in [3.8, 4) is 0 Å². The van der Waals surface area contributed by atoms with Gasteiger partial charge in [0.15, 0.2) is 0 Å². The molecule has 1 saturated heterocycles. The molecule has 0 saturated carbocycles. The average Bonchev–Trinajstić information content (AvgIpc) is 3.06. The molecule has 3 rings (SSSR count). The molecule has 1 amide bonds. The van der Waals surface area contributed by atoms with Gasteiger partial charge in [-0.15, -0.1) is 0 Å². The van der Waals surface area contributed by atoms with Crippen LogP contribution in [0.3, 0.4) is 0 Å². The predicted octanol–water partition coefficient (Wildman–Crippen LogP) is 3.93. The molecule has 1 aromatic heterocycles. The molecule has 5 nitrogen and oxygen atoms in total. The fourth-order valence-electron chi connectivity index (χ4n) is 3.94. The number of carbonyl (C=O) groups is 1. The van der Waals surface area contributed by atoms with Crippen LogP contribution in [0.1, 0.15) is 57.5 Å². The standard InChI is InChI=1S/C23H34N4O/c1-23(2,3)16-20(18-8-6-5-7-9-18)25-22(28)19-10-13-27(14-11-19)17-21-24-12-15-26(21)4/h5-9,12,15,19-20H,10-11,13-14,16-17H2,1-4H3,(H,25,28)/t20-/m1/s1. The number of piperidine rings is 1. The second-order valence-corrected chi connectivity index (χ2v) is 9.24. The fraction of sp³-hybridized carbons (Fsp3) is 0.565. The number of benzene rings is 1. The third-order valence-corrected chi connectivity index (χ3v) is 5.58. The highest BCUT2D eigenvalue weighted by atomic mass is 16.1. The van der Waals surface area contributed by atoms with Crippen LogP contribution in [0.5, 0.6) is 0 Å². The molecule has 2 heterocycles. The SMILES string of the molecule is Cn1ccnc1CN1CCC(C(=O)N[C@H](CC(C)(C)C)c2ccccc2)CC1. The lowest BCUT2D eigenvalue weighted by Gasteiger charge is -2.33. The van der Waals surface area contributed by atoms with E-state index in [2.05, 4.69) is 52.7 Å². The molecule has 0 bridgehead atoms. The van der Waals surface area contributed by atoms with Crippen molar-refractivity contribution in [3.63, 3.8) is 0 Å². The van der Waals surface area contributed by atoms with Crippen molar-refractivity contribution in [1.29, 1.82) is 0 Å². The summed E-state index contributed by atoms with van der Waals surface area (Å²) in [6.07, 6.45) is 6.57. The number of aryl methyl sites for hydroxylation is 1. The van der Waals surface area contributed by atoms with Crippen molar-refractivity contribution < 1.29 is 4.79 Å². The number of aromatic nitrogens is 2. The van der Waals surface area contributed by atoms with E-state index in [1.165, 1.54) is 5.56 Å². The van der Waals surface area contributed by atoms with Crippen LogP contribution in [0.4, 0.5) is 0 Å². The summed E-state index contributed by atoms with van der Waals surface area (Å²) in [4.78, 5) is 19.8. The van der Waals surface area contributed by atoms with Crippen LogP contribution in [-0.2, 0) is 18.4 Å². The van der Waals surface area contributed by atoms with E-state index in [-0.39, 0.29) is 23.3 Å². The zero-order valence-corrected chi connectivity index (χ0v) is 17.7. The minimum absolute atomic E-state index is 0.0688. The molecule has 0 aliphatic carbocycles. The summed E-state index contributed by atoms with van der Waals surface area (Å²) in [5.74, 6) is 1.38. The van der Waals surface area contributed by atoms with Crippen LogP contribution in [0.25, 0.3) is 0 Å². The van der Waals surface area contributed by atoms with Crippen molar-refractivity contribution in [2.45, 2.75) is 52.6 Å². The Morgan fingerprint density at radius 1 is 1.21 bits per heavy atom. The third kappa shape index (κ3) is 5.68. The molecule has 5 heteroatoms. The van der Waals surface area contributed by atoms with Crippen LogP contribution < -0.4 is 5.32 Å². The number of hydrogen-bond donors (Lipinski definition) is 1. The van der Waals surface area contributed by atoms with Gasteiger partial charge in [0.25, 0.3) is 0 Å². The molecule has 0 unspecified atom stereocenters. The van der Waals surface area contributed by atoms with Gasteiger partial charge in [0, 0.05) is 25.4 Å². The van der Waals surface area contributed by atoms with E-state index in [1.54, 1.807) is 0 Å². The Labute approximate surface area is 169 Å². The molecule has 2 aromatic rings. The summed E-state index contributed by atoms with van der Waals surface area (Å²) >= 11 is 0. The first-order valence-corrected chi connectivity index (χ1v) is 10.4. The van der Waals surface area contributed by atoms with Crippen molar-refractivity contribution in [1.82, 2.24) is 19.8 Å². The van der Waals surface area contributed by atoms with Crippen LogP contribution in [-0.4, -0.2) is 33.4 Å². The van der Waals surface area contributed by atoms with E-state index in [1.807, 2.05) is 37.6 Å². The Bertz CT molecular complexity index is 754. The maximum Gasteiger partial charge on any atom is 0.223 e. The second-order valence-electron chi connectivity index (χ2n) is 9.24. The van der Waals surface area contributed by atoms with E-state index in [0.29, 0.717) is 0 Å². The number of rotatable bonds is 6. The summed E-state index contributed by atoms with van der Waals surface area (Å²) in [7, 11) is 2.03. The summed E-state index contributed by atoms with van der Waals surface area (Å²) < 4.78 is 2.07. The van der Waals surface area contributed by atoms with Gasteiger partial charge in [-0.1, -0.05) is 51.1 Å². The first-order chi connectivity index (χ1) is 13.3. The topological polar surface area (TPSA) is 50.2 Å². The molecule has 0 spiro atoms. The first kappa shape index (κ1) is 20.6. The highest BCUT2D eigenvalue weighted by molar-refractivity contribution is 5.79. The molecule has 1 aromatic carbocycles. The Balaban J connectivity index is 1.56. The van der Waals surface area contributed by atoms with Gasteiger partial charge in [-0.05, 0) is 43.3 Å². The highest BCUT2D eigenvalue weighted by Crippen LogP contribution is 2.30. The fourth-order valence-corrected chi connectivity index (χ4v) is 3.94. The Hall–Kier alpha value is -2.14. The predicted molar refractivity (Wildman–Crippen MR) is 113 cm³/mol. The van der Waals surface area contributed by atoms with Gasteiger partial charge in [0.05, 0.1) is 12.6 Å². The number of imidazole rings is 1. The van der Waals surface area contributed by atoms with Crippen LogP contribution in [0.15, 0.2) is 42.7 Å². The van der Waals surface area contributed by atoms with E-state index in [9.17, 15) is 4.79 Å². The lowest BCUT2D eigenvalue weighted by Crippen LogP contribution is -2.42. The lowest BCUT2D eigenvalue weighted by molar-refractivity contribution is -0.127. The Kier molecular flexibility index (Phi) is 6.55. The molecule has 1 fully saturated rings. The van der Waals surface area contributed by atoms with E-state index >= 15 is 0 Å². The van der Waals surface area contributed by atoms with Gasteiger partial charge >= 0.3 is 0 Å². The molecule has 152 valence electrons. The zero-order valence-electron chi connectivity index (χ0n) is 17.7. The maximum absolute atomic E-state index is 13.0. The summed E-state index contributed by atoms with van der Waals surface area (Å²) in [5, 5.41) is 3.36. The van der Waals surface area contributed by atoms with Gasteiger partial charge in [-0.25, -0.2) is 4.98 Å². The quantitative estimate of drug-likeness (QED) is 0.824. The number of likely N-dealkylation sites (tertiary alicyclic amines) is 1. The maximum atomic E-state index is 13.0. The largest absolute Gasteiger partial charge is 0.349 e. The van der Waals surface area contributed by atoms with Gasteiger partial charge in [-0.3, -0.25) is 9.69 Å². The second kappa shape index (κ2) is 8.91. The van der Waals surface area contributed by atoms with E-state index in [4.69, 9.17) is 0 Å². The summed E-state index contributed by atoms with van der Waals surface area (Å²) in [6.45, 7) is 9.43. The molecule has 0 radical (unpaired) electrons. The number of amides is 1. The van der Waals surface area contributed by atoms with Gasteiger partial charge < -0.3 is 9.88 Å². The number of nitrogens with one attached hydrogen (secondary N) is 1. The molecule has 1 aliphatic rings. The Morgan fingerprint density at radius 2 is 1.89 bits per heavy atom. The van der Waals surface area contributed by atoms with Gasteiger partial charge in [0.2, 0.25) is 5.91 Å². The van der Waals surface area contributed by atoms with E-state index < -0.39 is 0 Å². The minimum Gasteiger partial charge on any atom is -0.349 e. The highest BCUT2D eigenvalue weighted by Gasteiger charge is 2.28. The zero-order chi connectivity index (χ0) is 20.1. The van der Waals surface area contributed by atoms with Gasteiger partial charge in [0.1, 0.15) is 5.82 Å². The lowest BCUT2D eigenvalue weighted by atomic mass is 9.85. The van der Waals surface area contributed by atoms with Crippen LogP contribution in [0.2, 0.25) is 0 Å².